The molecule has 58 valence electrons. The van der Waals surface area contributed by atoms with Gasteiger partial charge in [0, 0.05) is 0 Å². The van der Waals surface area contributed by atoms with Gasteiger partial charge < -0.3 is 39.3 Å². The molecule has 0 N–H and O–H groups in total. The largest absolute Gasteiger partial charge is 2.00 e. The zero-order chi connectivity index (χ0) is 5.98. The van der Waals surface area contributed by atoms with E-state index >= 15 is 0 Å². The molecule has 0 aliphatic rings. The summed E-state index contributed by atoms with van der Waals surface area (Å²) in [6.45, 7) is 0. The quantitative estimate of drug-likeness (QED) is 0.449. The molecule has 1 aromatic rings. The molecule has 1 aromatic heterocycles. The molecule has 0 unspecified atom stereocenters. The number of hydrogen-bond donors (Lipinski definition) is 0. The Bertz CT molecular complexity index is 161. The minimum absolute atomic E-state index is 0. The topological polar surface area (TPSA) is 59.3 Å². The van der Waals surface area contributed by atoms with Crippen molar-refractivity contribution in [3.63, 3.8) is 0 Å². The van der Waals surface area contributed by atoms with Crippen LogP contribution in [0.3, 0.4) is 0 Å². The Kier molecular flexibility index (Phi) is 24.0. The van der Waals surface area contributed by atoms with Gasteiger partial charge in [0.25, 0.3) is 0 Å². The van der Waals surface area contributed by atoms with Crippen molar-refractivity contribution < 1.29 is 39.3 Å². The molecular weight excluding hydrogens is 226 g/mol. The summed E-state index contributed by atoms with van der Waals surface area (Å²) in [6.07, 6.45) is 2.46. The Morgan fingerprint density at radius 1 is 1.17 bits per heavy atom. The summed E-state index contributed by atoms with van der Waals surface area (Å²) in [4.78, 5) is 0. The number of hydrogen-bond acceptors (Lipinski definition) is 3. The van der Waals surface area contributed by atoms with E-state index < -0.39 is 7.12 Å². The third-order valence-corrected chi connectivity index (χ3v) is 0.815. The zero-order valence-electron chi connectivity index (χ0n) is 6.20. The van der Waals surface area contributed by atoms with E-state index in [0.29, 0.717) is 0 Å². The second-order valence-electron chi connectivity index (χ2n) is 1.39. The smallest absolute Gasteiger partial charge is 1.00 e. The van der Waals surface area contributed by atoms with E-state index in [1.54, 1.807) is 0 Å². The van der Waals surface area contributed by atoms with Gasteiger partial charge in [0.05, 0.1) is 12.5 Å². The maximum absolute atomic E-state index is 9.97. The monoisotopic (exact) mass is 228 g/mol. The minimum Gasteiger partial charge on any atom is -1.00 e. The van der Waals surface area contributed by atoms with Crippen LogP contribution in [0.25, 0.3) is 0 Å². The van der Waals surface area contributed by atoms with Gasteiger partial charge in [-0.25, -0.2) is 0 Å². The predicted molar refractivity (Wildman–Crippen MR) is 35.6 cm³/mol. The zero-order valence-corrected chi connectivity index (χ0v) is 10.5. The Balaban J connectivity index is -0.0000000800. The minimum atomic E-state index is -1.91. The molecule has 0 aliphatic heterocycles. The molecule has 0 bridgehead atoms. The fourth-order valence-corrected chi connectivity index (χ4v) is 0.409. The first-order valence-electron chi connectivity index (χ1n) is 2.14. The third-order valence-electron chi connectivity index (χ3n) is 0.815. The van der Waals surface area contributed by atoms with Crippen LogP contribution in [0.15, 0.2) is 23.0 Å². The van der Waals surface area contributed by atoms with E-state index in [1.165, 1.54) is 12.3 Å². The molecule has 0 spiro atoms. The molecule has 0 fully saturated rings. The van der Waals surface area contributed by atoms with Crippen molar-refractivity contribution in [1.29, 1.82) is 0 Å². The van der Waals surface area contributed by atoms with Crippen LogP contribution >= 0.6 is 0 Å². The van der Waals surface area contributed by atoms with Crippen LogP contribution in [-0.4, -0.2) is 53.2 Å². The van der Waals surface area contributed by atoms with Crippen LogP contribution in [0.2, 0.25) is 0 Å². The van der Waals surface area contributed by atoms with E-state index in [1.807, 2.05) is 0 Å². The molecule has 0 radical (unpaired) electrons. The molecule has 1 rings (SSSR count). The summed E-state index contributed by atoms with van der Waals surface area (Å²) in [5.41, 5.74) is 0.157. The molecule has 0 atom stereocenters. The van der Waals surface area contributed by atoms with Gasteiger partial charge in [-0.3, -0.25) is 0 Å². The molecule has 0 aromatic carbocycles. The summed E-state index contributed by atoms with van der Waals surface area (Å²) >= 11 is 0. The molecule has 1 heterocycles. The van der Waals surface area contributed by atoms with Crippen LogP contribution in [0.5, 0.6) is 0 Å². The molecule has 0 saturated carbocycles. The van der Waals surface area contributed by atoms with E-state index in [2.05, 4.69) is 4.42 Å². The normalized spacial score (nSPS) is 6.17. The van der Waals surface area contributed by atoms with Gasteiger partial charge in [-0.2, -0.15) is 0 Å². The van der Waals surface area contributed by atoms with Gasteiger partial charge in [0.15, 0.2) is 0 Å². The van der Waals surface area contributed by atoms with Crippen molar-refractivity contribution in [3.8, 4) is 0 Å². The van der Waals surface area contributed by atoms with E-state index in [0.717, 1.165) is 6.26 Å². The van der Waals surface area contributed by atoms with Gasteiger partial charge >= 0.3 is 46.1 Å². The summed E-state index contributed by atoms with van der Waals surface area (Å²) in [5, 5.41) is 19.9. The van der Waals surface area contributed by atoms with Crippen LogP contribution in [0.1, 0.15) is 0 Å². The number of rotatable bonds is 1. The van der Waals surface area contributed by atoms with Crippen LogP contribution in [-0.2, 0) is 0 Å². The van der Waals surface area contributed by atoms with Crippen molar-refractivity contribution in [1.82, 2.24) is 0 Å². The van der Waals surface area contributed by atoms with Crippen LogP contribution < -0.4 is 40.3 Å². The maximum Gasteiger partial charge on any atom is 2.00 e. The van der Waals surface area contributed by atoms with E-state index in [9.17, 15) is 10.0 Å². The molecule has 0 aliphatic carbocycles. The standard InChI is InChI=1S/C4H3BO3.2ClH.2Mg/c6-5(7)4-1-2-8-3-4;;;;/h1-3H;2*1H;;/q-2;;;2*+2/p-2. The first-order valence-corrected chi connectivity index (χ1v) is 2.14. The van der Waals surface area contributed by atoms with Crippen molar-refractivity contribution in [2.75, 3.05) is 0 Å². The summed E-state index contributed by atoms with van der Waals surface area (Å²) in [6, 6.07) is 1.37. The Labute approximate surface area is 116 Å². The van der Waals surface area contributed by atoms with Gasteiger partial charge in [0.1, 0.15) is 0 Å². The SMILES string of the molecule is [Cl-].[Cl-].[Mg+2].[Mg+2].[O-]B([O-])c1ccoc1. The Morgan fingerprint density at radius 2 is 1.67 bits per heavy atom. The molecule has 8 heteroatoms. The molecule has 12 heavy (non-hydrogen) atoms. The fraction of sp³-hybridized carbons (Fsp3) is 0. The van der Waals surface area contributed by atoms with Crippen molar-refractivity contribution in [3.05, 3.63) is 18.6 Å². The summed E-state index contributed by atoms with van der Waals surface area (Å²) < 4.78 is 4.48. The third kappa shape index (κ3) is 8.00. The van der Waals surface area contributed by atoms with Gasteiger partial charge in [-0.15, -0.1) is 0 Å². The van der Waals surface area contributed by atoms with Gasteiger partial charge in [-0.1, -0.05) is 12.6 Å². The molecule has 0 amide bonds. The average Bonchev–Trinajstić information content (AvgIpc) is 2.12. The Hall–Kier alpha value is 1.38. The average molecular weight is 229 g/mol. The molecule has 3 nitrogen and oxygen atoms in total. The van der Waals surface area contributed by atoms with Crippen molar-refractivity contribution in [2.24, 2.45) is 0 Å². The van der Waals surface area contributed by atoms with Gasteiger partial charge in [0.2, 0.25) is 0 Å². The summed E-state index contributed by atoms with van der Waals surface area (Å²) in [5.74, 6) is 0. The van der Waals surface area contributed by atoms with Gasteiger partial charge in [-0.05, 0) is 6.07 Å². The fourth-order valence-electron chi connectivity index (χ4n) is 0.409. The van der Waals surface area contributed by atoms with Crippen molar-refractivity contribution in [2.45, 2.75) is 0 Å². The number of furan rings is 1. The molecule has 0 saturated heterocycles. The second kappa shape index (κ2) is 12.4. The predicted octanol–water partition coefficient (Wildman–Crippen LogP) is -9.06. The van der Waals surface area contributed by atoms with Crippen LogP contribution in [0, 0.1) is 0 Å². The first kappa shape index (κ1) is 23.3. The Morgan fingerprint density at radius 3 is 1.83 bits per heavy atom. The van der Waals surface area contributed by atoms with Crippen molar-refractivity contribution >= 4 is 58.7 Å². The number of halogens is 2. The second-order valence-corrected chi connectivity index (χ2v) is 1.39. The first-order chi connectivity index (χ1) is 3.80. The molecular formula is C4H3BCl2Mg2O3. The summed E-state index contributed by atoms with van der Waals surface area (Å²) in [7, 11) is -1.91. The van der Waals surface area contributed by atoms with E-state index in [4.69, 9.17) is 0 Å². The maximum atomic E-state index is 9.97. The van der Waals surface area contributed by atoms with E-state index in [-0.39, 0.29) is 76.4 Å². The van der Waals surface area contributed by atoms with Crippen LogP contribution in [0.4, 0.5) is 0 Å².